The summed E-state index contributed by atoms with van der Waals surface area (Å²) in [5, 5.41) is 10.9. The van der Waals surface area contributed by atoms with Crippen molar-refractivity contribution in [1.29, 1.82) is 0 Å². The summed E-state index contributed by atoms with van der Waals surface area (Å²) in [5.41, 5.74) is 3.20. The fourth-order valence-electron chi connectivity index (χ4n) is 4.12. The number of carbonyl (C=O) groups excluding carboxylic acids is 1. The fraction of sp³-hybridized carbons (Fsp3) is 0.318. The zero-order valence-electron chi connectivity index (χ0n) is 15.5. The van der Waals surface area contributed by atoms with Crippen LogP contribution in [-0.2, 0) is 11.3 Å². The average molecular weight is 378 g/mol. The van der Waals surface area contributed by atoms with Crippen LogP contribution in [0.25, 0.3) is 5.57 Å². The average Bonchev–Trinajstić information content (AvgIpc) is 2.72. The molecule has 2 atom stereocenters. The molecule has 2 heterocycles. The molecule has 0 aromatic heterocycles. The molecule has 2 aliphatic heterocycles. The SMILES string of the molecule is O=C(OCc1ccccc1)N1C2C=C(c3ccc([N+](=O)[O-])cc3)CC1CCC2. The molecule has 0 N–H and O–H groups in total. The monoisotopic (exact) mass is 378 g/mol. The number of carbonyl (C=O) groups is 1. The van der Waals surface area contributed by atoms with Gasteiger partial charge in [0, 0.05) is 18.2 Å². The lowest BCUT2D eigenvalue weighted by molar-refractivity contribution is -0.384. The highest BCUT2D eigenvalue weighted by atomic mass is 16.6. The fourth-order valence-corrected chi connectivity index (χ4v) is 4.12. The number of nitro benzene ring substituents is 1. The molecular weight excluding hydrogens is 356 g/mol. The first-order valence-corrected chi connectivity index (χ1v) is 9.56. The molecule has 2 bridgehead atoms. The zero-order valence-corrected chi connectivity index (χ0v) is 15.5. The van der Waals surface area contributed by atoms with E-state index in [1.54, 1.807) is 12.1 Å². The van der Waals surface area contributed by atoms with E-state index in [9.17, 15) is 14.9 Å². The molecule has 2 unspecified atom stereocenters. The lowest BCUT2D eigenvalue weighted by atomic mass is 9.83. The van der Waals surface area contributed by atoms with Crippen molar-refractivity contribution in [3.8, 4) is 0 Å². The highest BCUT2D eigenvalue weighted by molar-refractivity contribution is 5.74. The van der Waals surface area contributed by atoms with Crippen LogP contribution in [0, 0.1) is 10.1 Å². The zero-order chi connectivity index (χ0) is 19.5. The van der Waals surface area contributed by atoms with Gasteiger partial charge in [-0.25, -0.2) is 4.79 Å². The summed E-state index contributed by atoms with van der Waals surface area (Å²) in [5.74, 6) is 0. The predicted octanol–water partition coefficient (Wildman–Crippen LogP) is 4.94. The summed E-state index contributed by atoms with van der Waals surface area (Å²) >= 11 is 0. The van der Waals surface area contributed by atoms with Crippen LogP contribution in [0.3, 0.4) is 0 Å². The Balaban J connectivity index is 1.49. The molecule has 2 aromatic rings. The van der Waals surface area contributed by atoms with Crippen molar-refractivity contribution in [3.05, 3.63) is 81.9 Å². The number of nitrogens with zero attached hydrogens (tertiary/aromatic N) is 2. The number of non-ortho nitro benzene ring substituents is 1. The van der Waals surface area contributed by atoms with Gasteiger partial charge in [0.05, 0.1) is 11.0 Å². The van der Waals surface area contributed by atoms with E-state index in [0.29, 0.717) is 0 Å². The quantitative estimate of drug-likeness (QED) is 0.558. The van der Waals surface area contributed by atoms with Crippen LogP contribution in [0.1, 0.15) is 36.8 Å². The Hall–Kier alpha value is -3.15. The van der Waals surface area contributed by atoms with Gasteiger partial charge in [-0.3, -0.25) is 15.0 Å². The molecule has 4 rings (SSSR count). The van der Waals surface area contributed by atoms with Crippen molar-refractivity contribution in [2.75, 3.05) is 0 Å². The molecule has 1 amide bonds. The Bertz CT molecular complexity index is 893. The normalized spacial score (nSPS) is 21.0. The summed E-state index contributed by atoms with van der Waals surface area (Å²) in [7, 11) is 0. The summed E-state index contributed by atoms with van der Waals surface area (Å²) in [6.07, 6.45) is 5.55. The Morgan fingerprint density at radius 3 is 2.54 bits per heavy atom. The Labute approximate surface area is 163 Å². The minimum Gasteiger partial charge on any atom is -0.445 e. The molecule has 144 valence electrons. The first kappa shape index (κ1) is 18.2. The second-order valence-corrected chi connectivity index (χ2v) is 7.30. The summed E-state index contributed by atoms with van der Waals surface area (Å²) in [6, 6.07) is 16.5. The molecule has 1 saturated heterocycles. The minimum atomic E-state index is -0.391. The highest BCUT2D eigenvalue weighted by Gasteiger charge is 2.38. The predicted molar refractivity (Wildman–Crippen MR) is 106 cm³/mol. The number of benzene rings is 2. The molecule has 0 spiro atoms. The molecule has 1 fully saturated rings. The van der Waals surface area contributed by atoms with E-state index in [0.717, 1.165) is 42.4 Å². The van der Waals surface area contributed by atoms with E-state index in [2.05, 4.69) is 6.08 Å². The Kier molecular flexibility index (Phi) is 5.10. The standard InChI is InChI=1S/C22H22N2O4/c25-22(28-15-16-5-2-1-3-6-16)23-20-7-4-8-21(23)14-18(13-20)17-9-11-19(12-10-17)24(26)27/h1-3,5-6,9-13,20-21H,4,7-8,14-15H2. The van der Waals surface area contributed by atoms with Crippen LogP contribution in [0.4, 0.5) is 10.5 Å². The lowest BCUT2D eigenvalue weighted by Crippen LogP contribution is -2.51. The van der Waals surface area contributed by atoms with E-state index in [-0.39, 0.29) is 30.5 Å². The van der Waals surface area contributed by atoms with E-state index in [4.69, 9.17) is 4.74 Å². The van der Waals surface area contributed by atoms with Crippen molar-refractivity contribution in [2.24, 2.45) is 0 Å². The molecule has 2 aromatic carbocycles. The maximum absolute atomic E-state index is 12.7. The van der Waals surface area contributed by atoms with Gasteiger partial charge >= 0.3 is 6.09 Å². The molecule has 28 heavy (non-hydrogen) atoms. The molecule has 6 heteroatoms. The van der Waals surface area contributed by atoms with Gasteiger partial charge in [-0.1, -0.05) is 36.4 Å². The van der Waals surface area contributed by atoms with Gasteiger partial charge < -0.3 is 4.74 Å². The second-order valence-electron chi connectivity index (χ2n) is 7.30. The van der Waals surface area contributed by atoms with Gasteiger partial charge in [0.2, 0.25) is 0 Å². The maximum Gasteiger partial charge on any atom is 0.410 e. The van der Waals surface area contributed by atoms with Crippen molar-refractivity contribution >= 4 is 17.4 Å². The number of hydrogen-bond acceptors (Lipinski definition) is 4. The van der Waals surface area contributed by atoms with E-state index in [1.807, 2.05) is 35.2 Å². The number of fused-ring (bicyclic) bond motifs is 2. The molecular formula is C22H22N2O4. The van der Waals surface area contributed by atoms with Gasteiger partial charge in [0.15, 0.2) is 0 Å². The van der Waals surface area contributed by atoms with Crippen LogP contribution >= 0.6 is 0 Å². The molecule has 0 saturated carbocycles. The third-order valence-corrected chi connectivity index (χ3v) is 5.50. The van der Waals surface area contributed by atoms with Crippen LogP contribution in [0.5, 0.6) is 0 Å². The molecule has 0 aliphatic carbocycles. The van der Waals surface area contributed by atoms with Gasteiger partial charge in [0.25, 0.3) is 5.69 Å². The molecule has 0 radical (unpaired) electrons. The Morgan fingerprint density at radius 1 is 1.11 bits per heavy atom. The van der Waals surface area contributed by atoms with Gasteiger partial charge in [-0.15, -0.1) is 0 Å². The number of hydrogen-bond donors (Lipinski definition) is 0. The summed E-state index contributed by atoms with van der Waals surface area (Å²) < 4.78 is 5.57. The van der Waals surface area contributed by atoms with Gasteiger partial charge in [-0.05, 0) is 54.5 Å². The number of amides is 1. The third-order valence-electron chi connectivity index (χ3n) is 5.50. The Morgan fingerprint density at radius 2 is 1.86 bits per heavy atom. The van der Waals surface area contributed by atoms with Crippen molar-refractivity contribution in [2.45, 2.75) is 44.4 Å². The van der Waals surface area contributed by atoms with Crippen molar-refractivity contribution in [3.63, 3.8) is 0 Å². The maximum atomic E-state index is 12.7. The number of rotatable bonds is 4. The van der Waals surface area contributed by atoms with E-state index < -0.39 is 4.92 Å². The molecule has 2 aliphatic rings. The molecule has 6 nitrogen and oxygen atoms in total. The number of nitro groups is 1. The van der Waals surface area contributed by atoms with Crippen LogP contribution in [0.2, 0.25) is 0 Å². The summed E-state index contributed by atoms with van der Waals surface area (Å²) in [6.45, 7) is 0.272. The topological polar surface area (TPSA) is 72.7 Å². The van der Waals surface area contributed by atoms with Gasteiger partial charge in [0.1, 0.15) is 6.61 Å². The van der Waals surface area contributed by atoms with Gasteiger partial charge in [-0.2, -0.15) is 0 Å². The highest BCUT2D eigenvalue weighted by Crippen LogP contribution is 2.37. The number of ether oxygens (including phenoxy) is 1. The number of piperidine rings is 1. The van der Waals surface area contributed by atoms with Crippen molar-refractivity contribution in [1.82, 2.24) is 4.90 Å². The smallest absolute Gasteiger partial charge is 0.410 e. The largest absolute Gasteiger partial charge is 0.445 e. The van der Waals surface area contributed by atoms with Crippen LogP contribution in [-0.4, -0.2) is 28.0 Å². The van der Waals surface area contributed by atoms with E-state index in [1.165, 1.54) is 12.1 Å². The first-order valence-electron chi connectivity index (χ1n) is 9.56. The first-order chi connectivity index (χ1) is 13.6. The van der Waals surface area contributed by atoms with Crippen molar-refractivity contribution < 1.29 is 14.5 Å². The minimum absolute atomic E-state index is 0.0148. The van der Waals surface area contributed by atoms with Crippen LogP contribution in [0.15, 0.2) is 60.7 Å². The summed E-state index contributed by atoms with van der Waals surface area (Å²) in [4.78, 5) is 25.1. The second kappa shape index (κ2) is 7.84. The van der Waals surface area contributed by atoms with Crippen LogP contribution < -0.4 is 0 Å². The lowest BCUT2D eigenvalue weighted by Gasteiger charge is -2.44. The third kappa shape index (κ3) is 3.76. The van der Waals surface area contributed by atoms with E-state index >= 15 is 0 Å².